The van der Waals surface area contributed by atoms with Crippen molar-refractivity contribution in [2.24, 2.45) is 23.2 Å². The monoisotopic (exact) mass is 477 g/mol. The first-order valence-electron chi connectivity index (χ1n) is 12.0. The van der Waals surface area contributed by atoms with Crippen molar-refractivity contribution in [1.29, 1.82) is 0 Å². The van der Waals surface area contributed by atoms with Gasteiger partial charge in [-0.15, -0.1) is 11.3 Å². The Balaban J connectivity index is 0.000000502. The van der Waals surface area contributed by atoms with Crippen molar-refractivity contribution in [2.45, 2.75) is 86.7 Å². The van der Waals surface area contributed by atoms with Crippen LogP contribution in [0.1, 0.15) is 84.3 Å². The molecule has 0 spiro atoms. The number of carbonyl (C=O) groups is 2. The number of thiazole rings is 1. The van der Waals surface area contributed by atoms with Crippen LogP contribution in [0.4, 0.5) is 0 Å². The lowest BCUT2D eigenvalue weighted by atomic mass is 9.73. The highest BCUT2D eigenvalue weighted by atomic mass is 32.1. The number of Topliss-reactive ketones (excluding diaryl/α,β-unsaturated/α-hetero) is 1. The number of esters is 1. The Bertz CT molecular complexity index is 796. The Hall–Kier alpha value is -1.79. The van der Waals surface area contributed by atoms with Crippen molar-refractivity contribution in [3.05, 3.63) is 34.3 Å². The number of aliphatic hydroxyl groups is 1. The molecule has 1 aliphatic rings. The second kappa shape index (κ2) is 14.5. The fourth-order valence-corrected chi connectivity index (χ4v) is 4.76. The van der Waals surface area contributed by atoms with Gasteiger partial charge in [0.15, 0.2) is 0 Å². The molecule has 33 heavy (non-hydrogen) atoms. The maximum absolute atomic E-state index is 12.8. The molecule has 0 saturated heterocycles. The third kappa shape index (κ3) is 10.8. The smallest absolute Gasteiger partial charge is 0.308 e. The Labute approximate surface area is 204 Å². The molecule has 4 atom stereocenters. The van der Waals surface area contributed by atoms with E-state index in [1.807, 2.05) is 39.0 Å². The maximum Gasteiger partial charge on any atom is 0.308 e. The molecule has 0 amide bonds. The van der Waals surface area contributed by atoms with E-state index in [1.54, 1.807) is 25.2 Å². The molecule has 2 heterocycles. The van der Waals surface area contributed by atoms with Crippen molar-refractivity contribution in [3.63, 3.8) is 0 Å². The maximum atomic E-state index is 12.8. The van der Waals surface area contributed by atoms with Crippen LogP contribution in [0.5, 0.6) is 0 Å². The molecule has 186 valence electrons. The first kappa shape index (κ1) is 29.2. The highest BCUT2D eigenvalue weighted by Gasteiger charge is 2.39. The third-order valence-electron chi connectivity index (χ3n) is 6.06. The van der Waals surface area contributed by atoms with Crippen molar-refractivity contribution in [2.75, 3.05) is 6.61 Å². The average Bonchev–Trinajstić information content (AvgIpc) is 3.14. The van der Waals surface area contributed by atoms with E-state index in [1.165, 1.54) is 0 Å². The molecule has 2 rings (SSSR count). The Morgan fingerprint density at radius 1 is 1.15 bits per heavy atom. The molecule has 5 nitrogen and oxygen atoms in total. The summed E-state index contributed by atoms with van der Waals surface area (Å²) in [4.78, 5) is 28.9. The third-order valence-corrected chi connectivity index (χ3v) is 6.86. The van der Waals surface area contributed by atoms with Crippen molar-refractivity contribution >= 4 is 29.2 Å². The minimum atomic E-state index is -1.02. The minimum Gasteiger partial charge on any atom is -0.465 e. The van der Waals surface area contributed by atoms with Gasteiger partial charge in [0.25, 0.3) is 0 Å². The largest absolute Gasteiger partial charge is 0.465 e. The molecule has 6 heteroatoms. The zero-order valence-electron chi connectivity index (χ0n) is 21.5. The van der Waals surface area contributed by atoms with E-state index < -0.39 is 17.5 Å². The van der Waals surface area contributed by atoms with Gasteiger partial charge in [-0.2, -0.15) is 0 Å². The SMILES string of the molecule is C/C=C\c1csc(C)n1.CC1C/C=C\CCOC(=O)CC(O)C(C)(C)C(=O)C(C)CC(C)C1. The van der Waals surface area contributed by atoms with Gasteiger partial charge in [-0.05, 0) is 57.4 Å². The van der Waals surface area contributed by atoms with Crippen LogP contribution >= 0.6 is 11.3 Å². The highest BCUT2D eigenvalue weighted by molar-refractivity contribution is 7.09. The van der Waals surface area contributed by atoms with Gasteiger partial charge in [-0.25, -0.2) is 4.98 Å². The number of aryl methyl sites for hydroxylation is 1. The number of carbonyl (C=O) groups excluding carboxylic acids is 2. The average molecular weight is 478 g/mol. The van der Waals surface area contributed by atoms with Gasteiger partial charge in [0.2, 0.25) is 0 Å². The van der Waals surface area contributed by atoms with Gasteiger partial charge >= 0.3 is 5.97 Å². The fourth-order valence-electron chi connectivity index (χ4n) is 4.18. The van der Waals surface area contributed by atoms with Crippen LogP contribution in [-0.2, 0) is 14.3 Å². The lowest BCUT2D eigenvalue weighted by Gasteiger charge is -2.32. The number of ketones is 1. The minimum absolute atomic E-state index is 0.0225. The normalized spacial score (nSPS) is 28.6. The molecule has 4 unspecified atom stereocenters. The van der Waals surface area contributed by atoms with Crippen LogP contribution < -0.4 is 0 Å². The number of cyclic esters (lactones) is 1. The zero-order chi connectivity index (χ0) is 25.0. The lowest BCUT2D eigenvalue weighted by Crippen LogP contribution is -2.42. The molecular weight excluding hydrogens is 434 g/mol. The number of aromatic nitrogens is 1. The number of ether oxygens (including phenoxy) is 1. The van der Waals surface area contributed by atoms with Crippen molar-refractivity contribution in [1.82, 2.24) is 4.98 Å². The highest BCUT2D eigenvalue weighted by Crippen LogP contribution is 2.32. The van der Waals surface area contributed by atoms with E-state index in [4.69, 9.17) is 4.74 Å². The summed E-state index contributed by atoms with van der Waals surface area (Å²) < 4.78 is 5.15. The summed E-state index contributed by atoms with van der Waals surface area (Å²) in [6, 6.07) is 0. The van der Waals surface area contributed by atoms with Crippen molar-refractivity contribution in [3.8, 4) is 0 Å². The summed E-state index contributed by atoms with van der Waals surface area (Å²) in [5.41, 5.74) is 0.126. The molecule has 1 N–H and O–H groups in total. The predicted molar refractivity (Wildman–Crippen MR) is 137 cm³/mol. The Morgan fingerprint density at radius 2 is 1.85 bits per heavy atom. The number of aliphatic hydroxyl groups excluding tert-OH is 1. The first-order chi connectivity index (χ1) is 15.5. The van der Waals surface area contributed by atoms with E-state index in [0.29, 0.717) is 24.9 Å². The molecule has 1 aromatic rings. The van der Waals surface area contributed by atoms with Crippen LogP contribution in [0, 0.1) is 30.1 Å². The van der Waals surface area contributed by atoms with Gasteiger partial charge in [0.1, 0.15) is 5.78 Å². The van der Waals surface area contributed by atoms with Crippen LogP contribution in [0.2, 0.25) is 0 Å². The topological polar surface area (TPSA) is 76.5 Å². The molecule has 0 aromatic carbocycles. The van der Waals surface area contributed by atoms with Crippen molar-refractivity contribution < 1.29 is 19.4 Å². The Morgan fingerprint density at radius 3 is 2.45 bits per heavy atom. The van der Waals surface area contributed by atoms with E-state index in [2.05, 4.69) is 30.3 Å². The molecule has 0 saturated carbocycles. The quantitative estimate of drug-likeness (QED) is 0.374. The summed E-state index contributed by atoms with van der Waals surface area (Å²) in [5, 5.41) is 13.6. The summed E-state index contributed by atoms with van der Waals surface area (Å²) >= 11 is 1.68. The van der Waals surface area contributed by atoms with Crippen LogP contribution in [0.3, 0.4) is 0 Å². The van der Waals surface area contributed by atoms with Crippen LogP contribution in [-0.4, -0.2) is 34.6 Å². The number of hydrogen-bond donors (Lipinski definition) is 1. The summed E-state index contributed by atoms with van der Waals surface area (Å²) in [7, 11) is 0. The number of rotatable bonds is 1. The molecule has 1 aliphatic heterocycles. The molecular formula is C27H43NO4S. The predicted octanol–water partition coefficient (Wildman–Crippen LogP) is 6.40. The molecule has 0 fully saturated rings. The number of hydrogen-bond acceptors (Lipinski definition) is 6. The van der Waals surface area contributed by atoms with Crippen LogP contribution in [0.15, 0.2) is 23.6 Å². The second-order valence-electron chi connectivity index (χ2n) is 9.90. The van der Waals surface area contributed by atoms with Gasteiger partial charge in [0.05, 0.1) is 35.2 Å². The Kier molecular flexibility index (Phi) is 12.8. The standard InChI is InChI=1S/C20H34O4.C7H9NS/c1-14-9-7-6-8-10-24-18(22)13-17(21)20(4,5)19(23)16(3)12-15(2)11-14;1-3-4-7-5-9-6(2)8-7/h6-7,14-17,21H,8-13H2,1-5H3;3-5H,1-2H3/b7-6-;4-3-. The summed E-state index contributed by atoms with van der Waals surface area (Å²) in [5.74, 6) is 0.467. The second-order valence-corrected chi connectivity index (χ2v) is 11.0. The molecule has 1 aromatic heterocycles. The van der Waals surface area contributed by atoms with E-state index in [0.717, 1.165) is 30.0 Å². The van der Waals surface area contributed by atoms with Gasteiger partial charge in [0, 0.05) is 11.3 Å². The zero-order valence-corrected chi connectivity index (χ0v) is 22.3. The van der Waals surface area contributed by atoms with Gasteiger partial charge < -0.3 is 9.84 Å². The molecule has 0 bridgehead atoms. The van der Waals surface area contributed by atoms with E-state index in [-0.39, 0.29) is 18.1 Å². The molecule has 0 aliphatic carbocycles. The number of nitrogens with zero attached hydrogens (tertiary/aromatic N) is 1. The van der Waals surface area contributed by atoms with Gasteiger partial charge in [-0.3, -0.25) is 9.59 Å². The van der Waals surface area contributed by atoms with Gasteiger partial charge in [-0.1, -0.05) is 52.8 Å². The fraction of sp³-hybridized carbons (Fsp3) is 0.667. The van der Waals surface area contributed by atoms with E-state index >= 15 is 0 Å². The lowest BCUT2D eigenvalue weighted by molar-refractivity contribution is -0.150. The van der Waals surface area contributed by atoms with Crippen LogP contribution in [0.25, 0.3) is 6.08 Å². The summed E-state index contributed by atoms with van der Waals surface area (Å²) in [6.07, 6.45) is 10.6. The number of allylic oxidation sites excluding steroid dienone is 2. The van der Waals surface area contributed by atoms with E-state index in [9.17, 15) is 14.7 Å². The first-order valence-corrected chi connectivity index (χ1v) is 12.9. The molecule has 0 radical (unpaired) electrons. The summed E-state index contributed by atoms with van der Waals surface area (Å²) in [6.45, 7) is 14.1.